The number of rotatable bonds is 6. The molecule has 4 aromatic rings. The molecule has 44 heavy (non-hydrogen) atoms. The third-order valence-corrected chi connectivity index (χ3v) is 12.8. The van der Waals surface area contributed by atoms with Crippen molar-refractivity contribution in [3.63, 3.8) is 0 Å². The van der Waals surface area contributed by atoms with Crippen molar-refractivity contribution in [3.8, 4) is 11.5 Å². The van der Waals surface area contributed by atoms with Gasteiger partial charge in [0.1, 0.15) is 6.61 Å². The van der Waals surface area contributed by atoms with Gasteiger partial charge >= 0.3 is 4.87 Å². The number of H-pyrrole nitrogens is 1. The molecule has 2 aliphatic carbocycles. The predicted octanol–water partition coefficient (Wildman–Crippen LogP) is 6.66. The van der Waals surface area contributed by atoms with Crippen molar-refractivity contribution in [1.29, 1.82) is 0 Å². The SMILES string of the molecule is COc1cc([C@@H]2c3sc(=O)[nH]c3S[C@@H]3[C@@H]4C[C@@H]([C@@H]5C(=O)N(c6ccc(Cl)cc6)C(=O)[C@@H]45)[C@@H]23)ccc1OCc1ccccc1C. The summed E-state index contributed by atoms with van der Waals surface area (Å²) in [6.07, 6.45) is 0.827. The molecule has 0 spiro atoms. The molecule has 3 aromatic carbocycles. The van der Waals surface area contributed by atoms with Gasteiger partial charge in [-0.15, -0.1) is 11.8 Å². The molecule has 1 saturated heterocycles. The molecule has 224 valence electrons. The molecule has 10 heteroatoms. The number of aromatic amines is 1. The number of carbonyl (C=O) groups excluding carboxylic acids is 2. The molecule has 1 N–H and O–H groups in total. The Morgan fingerprint density at radius 2 is 1.70 bits per heavy atom. The highest BCUT2D eigenvalue weighted by Crippen LogP contribution is 2.68. The fourth-order valence-electron chi connectivity index (χ4n) is 8.16. The van der Waals surface area contributed by atoms with Gasteiger partial charge in [0.2, 0.25) is 11.8 Å². The lowest BCUT2D eigenvalue weighted by Gasteiger charge is -2.43. The minimum absolute atomic E-state index is 0.0228. The molecule has 1 aromatic heterocycles. The fourth-order valence-corrected chi connectivity index (χ4v) is 11.2. The van der Waals surface area contributed by atoms with Crippen molar-refractivity contribution >= 4 is 52.2 Å². The number of carbonyl (C=O) groups is 2. The van der Waals surface area contributed by atoms with E-state index in [1.165, 1.54) is 16.2 Å². The summed E-state index contributed by atoms with van der Waals surface area (Å²) in [5.41, 5.74) is 3.85. The van der Waals surface area contributed by atoms with Crippen LogP contribution in [0, 0.1) is 36.5 Å². The zero-order valence-electron chi connectivity index (χ0n) is 24.0. The maximum Gasteiger partial charge on any atom is 0.305 e. The van der Waals surface area contributed by atoms with E-state index < -0.39 is 0 Å². The number of benzene rings is 3. The molecule has 8 rings (SSSR count). The number of fused-ring (bicyclic) bond motifs is 9. The van der Waals surface area contributed by atoms with Crippen LogP contribution in [0.5, 0.6) is 11.5 Å². The van der Waals surface area contributed by atoms with Gasteiger partial charge in [-0.1, -0.05) is 53.3 Å². The number of ether oxygens (including phenoxy) is 2. The van der Waals surface area contributed by atoms with Gasteiger partial charge in [0.15, 0.2) is 11.5 Å². The lowest BCUT2D eigenvalue weighted by Crippen LogP contribution is -2.42. The third kappa shape index (κ3) is 4.19. The molecule has 2 aliphatic heterocycles. The van der Waals surface area contributed by atoms with Crippen LogP contribution >= 0.6 is 34.7 Å². The maximum absolute atomic E-state index is 14.0. The van der Waals surface area contributed by atoms with E-state index in [9.17, 15) is 14.4 Å². The largest absolute Gasteiger partial charge is 0.493 e. The number of thiazole rings is 1. The topological polar surface area (TPSA) is 88.7 Å². The normalized spacial score (nSPS) is 28.2. The van der Waals surface area contributed by atoms with Gasteiger partial charge in [0.05, 0.1) is 29.7 Å². The monoisotopic (exact) mass is 644 g/mol. The van der Waals surface area contributed by atoms with E-state index in [4.69, 9.17) is 21.1 Å². The van der Waals surface area contributed by atoms with Crippen molar-refractivity contribution in [2.45, 2.75) is 36.1 Å². The number of aromatic nitrogens is 1. The summed E-state index contributed by atoms with van der Waals surface area (Å²) in [6, 6.07) is 21.0. The van der Waals surface area contributed by atoms with Gasteiger partial charge in [-0.2, -0.15) is 0 Å². The summed E-state index contributed by atoms with van der Waals surface area (Å²) in [6.45, 7) is 2.48. The van der Waals surface area contributed by atoms with Gasteiger partial charge in [-0.05, 0) is 84.2 Å². The number of halogens is 1. The zero-order chi connectivity index (χ0) is 30.3. The molecule has 3 fully saturated rings. The Hall–Kier alpha value is -3.53. The Bertz CT molecular complexity index is 1870. The van der Waals surface area contributed by atoms with E-state index in [0.717, 1.165) is 33.0 Å². The number of nitrogens with zero attached hydrogens (tertiary/aromatic N) is 1. The van der Waals surface area contributed by atoms with Gasteiger partial charge in [-0.3, -0.25) is 19.3 Å². The van der Waals surface area contributed by atoms with Crippen LogP contribution in [0.2, 0.25) is 5.02 Å². The lowest BCUT2D eigenvalue weighted by atomic mass is 9.68. The number of nitrogens with one attached hydrogen (secondary N) is 1. The second-order valence-corrected chi connectivity index (χ2v) is 14.7. The number of methoxy groups -OCH3 is 1. The second kappa shape index (κ2) is 10.5. The van der Waals surface area contributed by atoms with Crippen LogP contribution in [0.25, 0.3) is 0 Å². The van der Waals surface area contributed by atoms with Crippen molar-refractivity contribution in [3.05, 3.63) is 103 Å². The summed E-state index contributed by atoms with van der Waals surface area (Å²) in [5, 5.41) is 1.54. The molecule has 2 amide bonds. The smallest absolute Gasteiger partial charge is 0.305 e. The second-order valence-electron chi connectivity index (χ2n) is 12.1. The number of anilines is 1. The molecule has 2 bridgehead atoms. The Morgan fingerprint density at radius 3 is 2.45 bits per heavy atom. The molecule has 7 nitrogen and oxygen atoms in total. The quantitative estimate of drug-likeness (QED) is 0.236. The Kier molecular flexibility index (Phi) is 6.70. The minimum Gasteiger partial charge on any atom is -0.493 e. The van der Waals surface area contributed by atoms with E-state index in [1.807, 2.05) is 24.3 Å². The molecule has 0 unspecified atom stereocenters. The van der Waals surface area contributed by atoms with Crippen LogP contribution in [-0.2, 0) is 16.2 Å². The summed E-state index contributed by atoms with van der Waals surface area (Å²) in [7, 11) is 1.63. The highest BCUT2D eigenvalue weighted by Gasteiger charge is 2.69. The van der Waals surface area contributed by atoms with Gasteiger partial charge in [0.25, 0.3) is 0 Å². The van der Waals surface area contributed by atoms with Crippen molar-refractivity contribution in [2.24, 2.45) is 29.6 Å². The van der Waals surface area contributed by atoms with Crippen LogP contribution < -0.4 is 19.2 Å². The average Bonchev–Trinajstić information content (AvgIpc) is 3.76. The van der Waals surface area contributed by atoms with E-state index in [2.05, 4.69) is 30.1 Å². The van der Waals surface area contributed by atoms with Crippen molar-refractivity contribution < 1.29 is 19.1 Å². The zero-order valence-corrected chi connectivity index (χ0v) is 26.4. The van der Waals surface area contributed by atoms with Gasteiger partial charge in [-0.25, -0.2) is 0 Å². The third-order valence-electron chi connectivity index (χ3n) is 10.00. The highest BCUT2D eigenvalue weighted by molar-refractivity contribution is 8.00. The summed E-state index contributed by atoms with van der Waals surface area (Å²) >= 11 is 9.02. The van der Waals surface area contributed by atoms with Gasteiger partial charge < -0.3 is 14.5 Å². The Balaban J connectivity index is 1.15. The molecule has 4 aliphatic rings. The highest BCUT2D eigenvalue weighted by atomic mass is 35.5. The van der Waals surface area contributed by atoms with E-state index >= 15 is 0 Å². The van der Waals surface area contributed by atoms with Crippen LogP contribution in [0.15, 0.2) is 76.6 Å². The van der Waals surface area contributed by atoms with Crippen LogP contribution in [0.3, 0.4) is 0 Å². The summed E-state index contributed by atoms with van der Waals surface area (Å²) in [4.78, 5) is 45.8. The molecule has 3 heterocycles. The molecule has 0 radical (unpaired) electrons. The van der Waals surface area contributed by atoms with E-state index in [1.54, 1.807) is 43.1 Å². The number of thioether (sulfide) groups is 1. The molecule has 2 saturated carbocycles. The summed E-state index contributed by atoms with van der Waals surface area (Å²) < 4.78 is 12.0. The predicted molar refractivity (Wildman–Crippen MR) is 171 cm³/mol. The number of imide groups is 1. The molecular weight excluding hydrogens is 616 g/mol. The number of hydrogen-bond donors (Lipinski definition) is 1. The molecular formula is C34H29ClN2O5S2. The van der Waals surface area contributed by atoms with Crippen LogP contribution in [-0.4, -0.2) is 29.2 Å². The minimum atomic E-state index is -0.372. The Labute approximate surface area is 267 Å². The van der Waals surface area contributed by atoms with Crippen LogP contribution in [0.1, 0.15) is 33.9 Å². The average molecular weight is 645 g/mol. The standard InChI is InChI=1S/C34H29ClN2O5S2/c1-16-5-3-4-6-18(16)15-42-23-12-7-17(13-24(23)41-2)25-26-21-14-22(29(26)43-31-30(25)44-34(40)36-31)28-27(21)32(38)37(33(28)39)20-10-8-19(35)9-11-20/h3-13,21-22,25-29H,14-15H2,1-2H3,(H,36,40)/t21-,22-,25+,26+,27+,28+,29-/m1/s1. The first-order valence-electron chi connectivity index (χ1n) is 14.7. The first-order chi connectivity index (χ1) is 21.3. The van der Waals surface area contributed by atoms with E-state index in [0.29, 0.717) is 28.8 Å². The summed E-state index contributed by atoms with van der Waals surface area (Å²) in [5.74, 6) is 0.359. The van der Waals surface area contributed by atoms with Gasteiger partial charge in [0, 0.05) is 21.1 Å². The first-order valence-corrected chi connectivity index (χ1v) is 16.8. The van der Waals surface area contributed by atoms with Crippen molar-refractivity contribution in [2.75, 3.05) is 12.0 Å². The Morgan fingerprint density at radius 1 is 0.955 bits per heavy atom. The number of hydrogen-bond acceptors (Lipinski definition) is 7. The lowest BCUT2D eigenvalue weighted by molar-refractivity contribution is -0.123. The molecule has 7 atom stereocenters. The first kappa shape index (κ1) is 28.0. The van der Waals surface area contributed by atoms with Crippen molar-refractivity contribution in [1.82, 2.24) is 4.98 Å². The number of aryl methyl sites for hydroxylation is 1. The fraction of sp³-hybridized carbons (Fsp3) is 0.324. The number of amides is 2. The van der Waals surface area contributed by atoms with Crippen LogP contribution in [0.4, 0.5) is 5.69 Å². The maximum atomic E-state index is 14.0. The van der Waals surface area contributed by atoms with E-state index in [-0.39, 0.29) is 57.4 Å².